The predicted octanol–water partition coefficient (Wildman–Crippen LogP) is 2.78. The number of benzene rings is 1. The van der Waals surface area contributed by atoms with Gasteiger partial charge in [0.25, 0.3) is 0 Å². The van der Waals surface area contributed by atoms with Crippen LogP contribution < -0.4 is 10.1 Å². The van der Waals surface area contributed by atoms with Crippen LogP contribution in [-0.4, -0.2) is 28.2 Å². The molecule has 3 aromatic rings. The topological polar surface area (TPSA) is 67.3 Å². The SMILES string of the molecule is OCCNCc1cc2cc3c(cc2nc1OCc1cccnc1)CCC3. The van der Waals surface area contributed by atoms with Crippen molar-refractivity contribution in [2.75, 3.05) is 13.2 Å². The molecule has 2 N–H and O–H groups in total. The zero-order valence-electron chi connectivity index (χ0n) is 14.7. The van der Waals surface area contributed by atoms with Crippen LogP contribution in [-0.2, 0) is 26.0 Å². The molecule has 1 aliphatic carbocycles. The maximum atomic E-state index is 9.03. The molecule has 0 bridgehead atoms. The van der Waals surface area contributed by atoms with Gasteiger partial charge < -0.3 is 15.2 Å². The maximum Gasteiger partial charge on any atom is 0.218 e. The Morgan fingerprint density at radius 3 is 2.85 bits per heavy atom. The van der Waals surface area contributed by atoms with Crippen molar-refractivity contribution in [3.63, 3.8) is 0 Å². The minimum absolute atomic E-state index is 0.112. The summed E-state index contributed by atoms with van der Waals surface area (Å²) in [5.41, 5.74) is 5.86. The molecule has 0 saturated carbocycles. The van der Waals surface area contributed by atoms with Crippen molar-refractivity contribution in [1.29, 1.82) is 0 Å². The Bertz CT molecular complexity index is 897. The second-order valence-electron chi connectivity index (χ2n) is 6.67. The average Bonchev–Trinajstić information content (AvgIpc) is 3.12. The summed E-state index contributed by atoms with van der Waals surface area (Å²) in [6.07, 6.45) is 7.07. The number of hydrogen-bond donors (Lipinski definition) is 2. The summed E-state index contributed by atoms with van der Waals surface area (Å²) in [5, 5.41) is 13.4. The van der Waals surface area contributed by atoms with Crippen molar-refractivity contribution >= 4 is 10.9 Å². The third-order valence-corrected chi connectivity index (χ3v) is 4.77. The van der Waals surface area contributed by atoms with E-state index in [0.29, 0.717) is 25.6 Å². The lowest BCUT2D eigenvalue weighted by Crippen LogP contribution is -2.18. The molecule has 0 atom stereocenters. The first-order valence-electron chi connectivity index (χ1n) is 9.12. The van der Waals surface area contributed by atoms with Gasteiger partial charge >= 0.3 is 0 Å². The molecule has 1 aliphatic rings. The van der Waals surface area contributed by atoms with Gasteiger partial charge in [0.05, 0.1) is 12.1 Å². The van der Waals surface area contributed by atoms with Crippen molar-refractivity contribution in [2.45, 2.75) is 32.4 Å². The first-order valence-corrected chi connectivity index (χ1v) is 9.12. The Hall–Kier alpha value is -2.50. The highest BCUT2D eigenvalue weighted by Gasteiger charge is 2.15. The molecule has 5 nitrogen and oxygen atoms in total. The lowest BCUT2D eigenvalue weighted by molar-refractivity contribution is 0.283. The number of fused-ring (bicyclic) bond motifs is 2. The average molecular weight is 349 g/mol. The molecular weight excluding hydrogens is 326 g/mol. The van der Waals surface area contributed by atoms with Crippen molar-refractivity contribution in [3.05, 3.63) is 65.0 Å². The van der Waals surface area contributed by atoms with E-state index in [1.165, 1.54) is 17.5 Å². The number of pyridine rings is 2. The molecule has 0 amide bonds. The molecule has 0 fully saturated rings. The highest BCUT2D eigenvalue weighted by atomic mass is 16.5. The number of aromatic nitrogens is 2. The van der Waals surface area contributed by atoms with E-state index in [4.69, 9.17) is 14.8 Å². The second kappa shape index (κ2) is 7.81. The summed E-state index contributed by atoms with van der Waals surface area (Å²) < 4.78 is 6.03. The van der Waals surface area contributed by atoms with Crippen LogP contribution in [0.15, 0.2) is 42.7 Å². The van der Waals surface area contributed by atoms with E-state index < -0.39 is 0 Å². The molecule has 4 rings (SSSR count). The highest BCUT2D eigenvalue weighted by molar-refractivity contribution is 5.82. The number of aliphatic hydroxyl groups excluding tert-OH is 1. The molecule has 5 heteroatoms. The van der Waals surface area contributed by atoms with Gasteiger partial charge in [-0.25, -0.2) is 4.98 Å². The Morgan fingerprint density at radius 1 is 1.15 bits per heavy atom. The molecule has 0 saturated heterocycles. The summed E-state index contributed by atoms with van der Waals surface area (Å²) in [7, 11) is 0. The molecule has 2 heterocycles. The van der Waals surface area contributed by atoms with Crippen LogP contribution in [0.1, 0.15) is 28.7 Å². The van der Waals surface area contributed by atoms with E-state index in [2.05, 4.69) is 28.5 Å². The first-order chi connectivity index (χ1) is 12.8. The second-order valence-corrected chi connectivity index (χ2v) is 6.67. The van der Waals surface area contributed by atoms with Gasteiger partial charge in [-0.1, -0.05) is 6.07 Å². The van der Waals surface area contributed by atoms with Crippen LogP contribution in [0.4, 0.5) is 0 Å². The lowest BCUT2D eigenvalue weighted by atomic mass is 10.0. The van der Waals surface area contributed by atoms with Crippen molar-refractivity contribution in [2.24, 2.45) is 0 Å². The molecule has 1 aromatic carbocycles. The van der Waals surface area contributed by atoms with Crippen molar-refractivity contribution < 1.29 is 9.84 Å². The largest absolute Gasteiger partial charge is 0.472 e. The Balaban J connectivity index is 1.65. The molecule has 26 heavy (non-hydrogen) atoms. The van der Waals surface area contributed by atoms with E-state index in [-0.39, 0.29) is 6.61 Å². The Labute approximate surface area is 153 Å². The Morgan fingerprint density at radius 2 is 2.04 bits per heavy atom. The minimum atomic E-state index is 0.112. The van der Waals surface area contributed by atoms with Gasteiger partial charge in [-0.05, 0) is 54.7 Å². The van der Waals surface area contributed by atoms with Gasteiger partial charge in [0.15, 0.2) is 0 Å². The predicted molar refractivity (Wildman–Crippen MR) is 101 cm³/mol. The summed E-state index contributed by atoms with van der Waals surface area (Å²) in [6.45, 7) is 1.71. The fraction of sp³-hybridized carbons (Fsp3) is 0.333. The molecule has 0 radical (unpaired) electrons. The van der Waals surface area contributed by atoms with Crippen LogP contribution in [0, 0.1) is 0 Å². The van der Waals surface area contributed by atoms with Crippen molar-refractivity contribution in [1.82, 2.24) is 15.3 Å². The fourth-order valence-corrected chi connectivity index (χ4v) is 3.46. The smallest absolute Gasteiger partial charge is 0.218 e. The zero-order valence-corrected chi connectivity index (χ0v) is 14.7. The van der Waals surface area contributed by atoms with E-state index in [9.17, 15) is 0 Å². The third-order valence-electron chi connectivity index (χ3n) is 4.77. The molecule has 0 aliphatic heterocycles. The van der Waals surface area contributed by atoms with Crippen LogP contribution in [0.5, 0.6) is 5.88 Å². The van der Waals surface area contributed by atoms with Crippen LogP contribution in [0.2, 0.25) is 0 Å². The maximum absolute atomic E-state index is 9.03. The van der Waals surface area contributed by atoms with Crippen LogP contribution >= 0.6 is 0 Å². The standard InChI is InChI=1S/C21H23N3O2/c25-8-7-23-13-19-10-18-9-16-4-1-5-17(16)11-20(18)24-21(19)26-14-15-3-2-6-22-12-15/h2-3,6,9-12,23,25H,1,4-5,7-8,13-14H2. The number of aliphatic hydroxyl groups is 1. The normalized spacial score (nSPS) is 13.1. The molecule has 0 unspecified atom stereocenters. The van der Waals surface area contributed by atoms with Crippen molar-refractivity contribution in [3.8, 4) is 5.88 Å². The van der Waals surface area contributed by atoms with Crippen LogP contribution in [0.3, 0.4) is 0 Å². The minimum Gasteiger partial charge on any atom is -0.472 e. The number of hydrogen-bond acceptors (Lipinski definition) is 5. The number of nitrogens with zero attached hydrogens (tertiary/aromatic N) is 2. The van der Waals surface area contributed by atoms with Gasteiger partial charge in [0, 0.05) is 42.0 Å². The number of aryl methyl sites for hydroxylation is 2. The van der Waals surface area contributed by atoms with Gasteiger partial charge in [0.2, 0.25) is 5.88 Å². The summed E-state index contributed by atoms with van der Waals surface area (Å²) in [4.78, 5) is 8.93. The van der Waals surface area contributed by atoms with E-state index in [1.807, 2.05) is 12.1 Å². The fourth-order valence-electron chi connectivity index (χ4n) is 3.46. The summed E-state index contributed by atoms with van der Waals surface area (Å²) >= 11 is 0. The molecule has 0 spiro atoms. The third kappa shape index (κ3) is 3.69. The summed E-state index contributed by atoms with van der Waals surface area (Å²) in [5.74, 6) is 0.643. The summed E-state index contributed by atoms with van der Waals surface area (Å²) in [6, 6.07) is 10.5. The van der Waals surface area contributed by atoms with Gasteiger partial charge in [-0.15, -0.1) is 0 Å². The van der Waals surface area contributed by atoms with Gasteiger partial charge in [-0.3, -0.25) is 4.98 Å². The van der Waals surface area contributed by atoms with E-state index >= 15 is 0 Å². The number of rotatable bonds is 7. The van der Waals surface area contributed by atoms with Gasteiger partial charge in [0.1, 0.15) is 6.61 Å². The van der Waals surface area contributed by atoms with E-state index in [0.717, 1.165) is 34.9 Å². The lowest BCUT2D eigenvalue weighted by Gasteiger charge is -2.13. The number of nitrogens with one attached hydrogen (secondary N) is 1. The first kappa shape index (κ1) is 16.9. The molecule has 134 valence electrons. The van der Waals surface area contributed by atoms with Gasteiger partial charge in [-0.2, -0.15) is 0 Å². The van der Waals surface area contributed by atoms with Crippen LogP contribution in [0.25, 0.3) is 10.9 Å². The quantitative estimate of drug-likeness (QED) is 0.642. The highest BCUT2D eigenvalue weighted by Crippen LogP contribution is 2.30. The number of ether oxygens (including phenoxy) is 1. The molecular formula is C21H23N3O2. The molecule has 2 aromatic heterocycles. The van der Waals surface area contributed by atoms with E-state index in [1.54, 1.807) is 12.4 Å². The zero-order chi connectivity index (χ0) is 17.8. The Kier molecular flexibility index (Phi) is 5.09. The monoisotopic (exact) mass is 349 g/mol.